The first-order valence-electron chi connectivity index (χ1n) is 10.8. The molecular formula is C29H21NO2. The summed E-state index contributed by atoms with van der Waals surface area (Å²) in [5.41, 5.74) is 6.90. The Morgan fingerprint density at radius 1 is 0.719 bits per heavy atom. The summed E-state index contributed by atoms with van der Waals surface area (Å²) >= 11 is 0. The van der Waals surface area contributed by atoms with Crippen LogP contribution in [0.5, 0.6) is 0 Å². The van der Waals surface area contributed by atoms with E-state index in [9.17, 15) is 5.26 Å². The predicted molar refractivity (Wildman–Crippen MR) is 130 cm³/mol. The van der Waals surface area contributed by atoms with Crippen LogP contribution in [0.3, 0.4) is 0 Å². The smallest absolute Gasteiger partial charge is 0.143 e. The first kappa shape index (κ1) is 18.7. The van der Waals surface area contributed by atoms with E-state index in [0.29, 0.717) is 5.56 Å². The van der Waals surface area contributed by atoms with Gasteiger partial charge in [0.25, 0.3) is 0 Å². The van der Waals surface area contributed by atoms with E-state index in [2.05, 4.69) is 51.1 Å². The van der Waals surface area contributed by atoms with Gasteiger partial charge in [0.05, 0.1) is 11.6 Å². The largest absolute Gasteiger partial charge is 0.456 e. The molecule has 0 aliphatic heterocycles. The number of furan rings is 2. The fourth-order valence-corrected chi connectivity index (χ4v) is 4.65. The summed E-state index contributed by atoms with van der Waals surface area (Å²) in [7, 11) is 0. The fourth-order valence-electron chi connectivity index (χ4n) is 4.65. The van der Waals surface area contributed by atoms with Crippen molar-refractivity contribution in [3.63, 3.8) is 0 Å². The molecule has 0 spiro atoms. The third kappa shape index (κ3) is 2.60. The maximum Gasteiger partial charge on any atom is 0.143 e. The Kier molecular flexibility index (Phi) is 3.79. The number of hydrogen-bond acceptors (Lipinski definition) is 3. The molecule has 0 amide bonds. The van der Waals surface area contributed by atoms with Gasteiger partial charge in [0.1, 0.15) is 22.3 Å². The highest BCUT2D eigenvalue weighted by molar-refractivity contribution is 6.18. The molecule has 0 unspecified atom stereocenters. The number of benzene rings is 4. The van der Waals surface area contributed by atoms with Gasteiger partial charge >= 0.3 is 0 Å². The minimum atomic E-state index is 0.0463. The predicted octanol–water partition coefficient (Wildman–Crippen LogP) is 8.32. The highest BCUT2D eigenvalue weighted by Gasteiger charge is 2.21. The van der Waals surface area contributed by atoms with Crippen LogP contribution in [0.1, 0.15) is 31.9 Å². The van der Waals surface area contributed by atoms with Crippen LogP contribution in [0.4, 0.5) is 0 Å². The third-order valence-corrected chi connectivity index (χ3v) is 6.30. The number of nitrogens with zero attached hydrogens (tertiary/aromatic N) is 1. The van der Waals surface area contributed by atoms with Crippen LogP contribution in [0, 0.1) is 11.3 Å². The molecule has 0 N–H and O–H groups in total. The van der Waals surface area contributed by atoms with Crippen molar-refractivity contribution in [3.8, 4) is 17.2 Å². The molecular weight excluding hydrogens is 394 g/mol. The van der Waals surface area contributed by atoms with Crippen LogP contribution in [0.15, 0.2) is 81.6 Å². The molecule has 32 heavy (non-hydrogen) atoms. The summed E-state index contributed by atoms with van der Waals surface area (Å²) in [5, 5.41) is 14.1. The number of hydrogen-bond donors (Lipinski definition) is 0. The normalized spacial score (nSPS) is 12.2. The summed E-state index contributed by atoms with van der Waals surface area (Å²) in [4.78, 5) is 0. The summed E-state index contributed by atoms with van der Waals surface area (Å²) in [5.74, 6) is 0. The first-order chi connectivity index (χ1) is 15.5. The van der Waals surface area contributed by atoms with Crippen LogP contribution in [0.25, 0.3) is 55.0 Å². The van der Waals surface area contributed by atoms with Gasteiger partial charge in [0.15, 0.2) is 0 Å². The lowest BCUT2D eigenvalue weighted by molar-refractivity contribution is 0.590. The maximum atomic E-state index is 9.98. The molecule has 2 aromatic heterocycles. The first-order valence-corrected chi connectivity index (χ1v) is 10.8. The Labute approximate surface area is 185 Å². The standard InChI is InChI=1S/C29H21NO2/c1-29(2,3)18-12-14-24-22(15-18)19-8-6-9-21(28(19)32-24)26-17(16-30)11-13-25-27(26)20-7-4-5-10-23(20)31-25/h4-15H,1-3H3. The van der Waals surface area contributed by atoms with Crippen LogP contribution in [0.2, 0.25) is 0 Å². The van der Waals surface area contributed by atoms with Crippen molar-refractivity contribution in [1.82, 2.24) is 0 Å². The Bertz CT molecular complexity index is 1720. The lowest BCUT2D eigenvalue weighted by Crippen LogP contribution is -2.10. The van der Waals surface area contributed by atoms with Crippen molar-refractivity contribution in [3.05, 3.63) is 83.9 Å². The number of rotatable bonds is 1. The third-order valence-electron chi connectivity index (χ3n) is 6.30. The van der Waals surface area contributed by atoms with Crippen molar-refractivity contribution in [2.45, 2.75) is 26.2 Å². The van der Waals surface area contributed by atoms with Crippen molar-refractivity contribution in [2.75, 3.05) is 0 Å². The van der Waals surface area contributed by atoms with Crippen LogP contribution < -0.4 is 0 Å². The Morgan fingerprint density at radius 2 is 1.47 bits per heavy atom. The van der Waals surface area contributed by atoms with E-state index in [4.69, 9.17) is 8.83 Å². The maximum absolute atomic E-state index is 9.98. The van der Waals surface area contributed by atoms with Gasteiger partial charge in [-0.05, 0) is 41.3 Å². The monoisotopic (exact) mass is 415 g/mol. The van der Waals surface area contributed by atoms with Gasteiger partial charge in [-0.15, -0.1) is 0 Å². The van der Waals surface area contributed by atoms with Crippen molar-refractivity contribution < 1.29 is 8.83 Å². The Balaban J connectivity index is 1.75. The summed E-state index contributed by atoms with van der Waals surface area (Å²) < 4.78 is 12.5. The molecule has 0 bridgehead atoms. The molecule has 0 fully saturated rings. The van der Waals surface area contributed by atoms with Crippen LogP contribution in [-0.2, 0) is 5.41 Å². The van der Waals surface area contributed by atoms with E-state index in [-0.39, 0.29) is 5.41 Å². The second kappa shape index (κ2) is 6.48. The number of nitriles is 1. The van der Waals surface area contributed by atoms with E-state index in [1.54, 1.807) is 0 Å². The second-order valence-electron chi connectivity index (χ2n) is 9.32. The molecule has 0 radical (unpaired) electrons. The van der Waals surface area contributed by atoms with Crippen LogP contribution in [-0.4, -0.2) is 0 Å². The molecule has 3 heteroatoms. The molecule has 0 saturated heterocycles. The fraction of sp³-hybridized carbons (Fsp3) is 0.138. The molecule has 6 aromatic rings. The Hall–Kier alpha value is -4.03. The van der Waals surface area contributed by atoms with E-state index in [1.807, 2.05) is 48.5 Å². The minimum Gasteiger partial charge on any atom is -0.456 e. The van der Waals surface area contributed by atoms with E-state index < -0.39 is 0 Å². The molecule has 4 aromatic carbocycles. The Morgan fingerprint density at radius 3 is 2.28 bits per heavy atom. The number of para-hydroxylation sites is 2. The van der Waals surface area contributed by atoms with Gasteiger partial charge in [-0.3, -0.25) is 0 Å². The SMILES string of the molecule is CC(C)(C)c1ccc2oc3c(-c4c(C#N)ccc5oc6ccccc6c45)cccc3c2c1. The topological polar surface area (TPSA) is 50.1 Å². The number of fused-ring (bicyclic) bond motifs is 6. The molecule has 3 nitrogen and oxygen atoms in total. The molecule has 0 aliphatic carbocycles. The van der Waals surface area contributed by atoms with Crippen molar-refractivity contribution in [2.24, 2.45) is 0 Å². The van der Waals surface area contributed by atoms with Crippen LogP contribution >= 0.6 is 0 Å². The zero-order valence-corrected chi connectivity index (χ0v) is 18.2. The van der Waals surface area contributed by atoms with E-state index in [0.717, 1.165) is 55.0 Å². The van der Waals surface area contributed by atoms with E-state index in [1.165, 1.54) is 5.56 Å². The molecule has 0 saturated carbocycles. The lowest BCUT2D eigenvalue weighted by Gasteiger charge is -2.18. The lowest BCUT2D eigenvalue weighted by atomic mass is 9.86. The minimum absolute atomic E-state index is 0.0463. The zero-order valence-electron chi connectivity index (χ0n) is 18.2. The zero-order chi connectivity index (χ0) is 22.0. The molecule has 0 aliphatic rings. The average molecular weight is 415 g/mol. The molecule has 2 heterocycles. The van der Waals surface area contributed by atoms with Gasteiger partial charge in [-0.25, -0.2) is 0 Å². The highest BCUT2D eigenvalue weighted by atomic mass is 16.3. The second-order valence-corrected chi connectivity index (χ2v) is 9.32. The average Bonchev–Trinajstić information content (AvgIpc) is 3.35. The highest BCUT2D eigenvalue weighted by Crippen LogP contribution is 2.43. The molecule has 154 valence electrons. The molecule has 0 atom stereocenters. The van der Waals surface area contributed by atoms with E-state index >= 15 is 0 Å². The quantitative estimate of drug-likeness (QED) is 0.271. The summed E-state index contributed by atoms with van der Waals surface area (Å²) in [6.45, 7) is 6.64. The summed E-state index contributed by atoms with van der Waals surface area (Å²) in [6.07, 6.45) is 0. The summed E-state index contributed by atoms with van der Waals surface area (Å²) in [6, 6.07) is 26.6. The van der Waals surface area contributed by atoms with Gasteiger partial charge < -0.3 is 8.83 Å². The van der Waals surface area contributed by atoms with Gasteiger partial charge in [0.2, 0.25) is 0 Å². The van der Waals surface area contributed by atoms with Gasteiger partial charge in [-0.2, -0.15) is 5.26 Å². The van der Waals surface area contributed by atoms with Crippen molar-refractivity contribution >= 4 is 43.9 Å². The van der Waals surface area contributed by atoms with Crippen molar-refractivity contribution in [1.29, 1.82) is 5.26 Å². The van der Waals surface area contributed by atoms with Gasteiger partial charge in [-0.1, -0.05) is 63.2 Å². The molecule has 6 rings (SSSR count). The van der Waals surface area contributed by atoms with Gasteiger partial charge in [0, 0.05) is 32.7 Å².